The van der Waals surface area contributed by atoms with E-state index in [9.17, 15) is 0 Å². The standard InChI is InChI=1S/C30H26N2O2/c1-2-23-18-20-24(21-19-23)29-31-28(34-32-29)22-33-30(25-12-6-3-7-13-25,26-14-8-4-9-15-26)27-16-10-5-11-17-27/h3-21H,2,22H2,1H3. The maximum absolute atomic E-state index is 6.76. The fourth-order valence-corrected chi connectivity index (χ4v) is 4.26. The second-order valence-electron chi connectivity index (χ2n) is 8.13. The average Bonchev–Trinajstić information content (AvgIpc) is 3.40. The van der Waals surface area contributed by atoms with E-state index in [0.717, 1.165) is 28.7 Å². The van der Waals surface area contributed by atoms with Gasteiger partial charge in [-0.2, -0.15) is 4.98 Å². The lowest BCUT2D eigenvalue weighted by Gasteiger charge is -2.35. The van der Waals surface area contributed by atoms with Gasteiger partial charge in [-0.25, -0.2) is 0 Å². The van der Waals surface area contributed by atoms with Gasteiger partial charge in [0.2, 0.25) is 5.82 Å². The summed E-state index contributed by atoms with van der Waals surface area (Å²) >= 11 is 0. The molecular weight excluding hydrogens is 420 g/mol. The summed E-state index contributed by atoms with van der Waals surface area (Å²) in [4.78, 5) is 4.62. The Morgan fingerprint density at radius 1 is 0.676 bits per heavy atom. The zero-order valence-corrected chi connectivity index (χ0v) is 19.1. The molecular formula is C30H26N2O2. The van der Waals surface area contributed by atoms with Crippen LogP contribution in [-0.2, 0) is 23.4 Å². The first-order valence-electron chi connectivity index (χ1n) is 11.5. The van der Waals surface area contributed by atoms with Crippen molar-refractivity contribution in [2.24, 2.45) is 0 Å². The minimum absolute atomic E-state index is 0.165. The van der Waals surface area contributed by atoms with E-state index >= 15 is 0 Å². The second kappa shape index (κ2) is 9.86. The van der Waals surface area contributed by atoms with Gasteiger partial charge in [0.05, 0.1) is 0 Å². The Labute approximate surface area is 199 Å². The molecule has 168 valence electrons. The highest BCUT2D eigenvalue weighted by Crippen LogP contribution is 2.41. The number of aryl methyl sites for hydroxylation is 1. The van der Waals surface area contributed by atoms with Crippen LogP contribution in [0.5, 0.6) is 0 Å². The van der Waals surface area contributed by atoms with Crippen LogP contribution < -0.4 is 0 Å². The Hall–Kier alpha value is -4.02. The summed E-state index contributed by atoms with van der Waals surface area (Å²) in [5.41, 5.74) is 4.45. The van der Waals surface area contributed by atoms with Crippen LogP contribution in [0.25, 0.3) is 11.4 Å². The number of rotatable bonds is 8. The van der Waals surface area contributed by atoms with Crippen LogP contribution in [0.1, 0.15) is 35.1 Å². The van der Waals surface area contributed by atoms with Gasteiger partial charge in [-0.15, -0.1) is 0 Å². The maximum atomic E-state index is 6.76. The van der Waals surface area contributed by atoms with E-state index in [-0.39, 0.29) is 6.61 Å². The molecule has 0 atom stereocenters. The van der Waals surface area contributed by atoms with Crippen molar-refractivity contribution in [1.29, 1.82) is 0 Å². The Kier molecular flexibility index (Phi) is 6.32. The highest BCUT2D eigenvalue weighted by molar-refractivity contribution is 5.54. The van der Waals surface area contributed by atoms with E-state index in [0.29, 0.717) is 11.7 Å². The number of ether oxygens (including phenoxy) is 1. The highest BCUT2D eigenvalue weighted by Gasteiger charge is 2.38. The molecule has 0 aliphatic rings. The highest BCUT2D eigenvalue weighted by atomic mass is 16.5. The minimum atomic E-state index is -0.832. The summed E-state index contributed by atoms with van der Waals surface area (Å²) < 4.78 is 12.4. The van der Waals surface area contributed by atoms with Crippen LogP contribution in [0, 0.1) is 0 Å². The van der Waals surface area contributed by atoms with Gasteiger partial charge >= 0.3 is 0 Å². The van der Waals surface area contributed by atoms with Gasteiger partial charge in [0.25, 0.3) is 5.89 Å². The van der Waals surface area contributed by atoms with Crippen molar-refractivity contribution in [3.05, 3.63) is 143 Å². The average molecular weight is 447 g/mol. The van der Waals surface area contributed by atoms with E-state index < -0.39 is 5.60 Å². The normalized spacial score (nSPS) is 11.4. The molecule has 4 aromatic carbocycles. The van der Waals surface area contributed by atoms with Gasteiger partial charge in [0, 0.05) is 5.56 Å². The van der Waals surface area contributed by atoms with Crippen molar-refractivity contribution in [3.8, 4) is 11.4 Å². The van der Waals surface area contributed by atoms with E-state index in [1.54, 1.807) is 0 Å². The lowest BCUT2D eigenvalue weighted by atomic mass is 9.80. The van der Waals surface area contributed by atoms with Crippen molar-refractivity contribution < 1.29 is 9.26 Å². The number of hydrogen-bond donors (Lipinski definition) is 0. The molecule has 0 unspecified atom stereocenters. The quantitative estimate of drug-likeness (QED) is 0.246. The number of aromatic nitrogens is 2. The Morgan fingerprint density at radius 3 is 1.65 bits per heavy atom. The van der Waals surface area contributed by atoms with Gasteiger partial charge in [-0.05, 0) is 28.7 Å². The number of hydrogen-bond acceptors (Lipinski definition) is 4. The Balaban J connectivity index is 1.53. The zero-order valence-electron chi connectivity index (χ0n) is 19.1. The minimum Gasteiger partial charge on any atom is -0.351 e. The van der Waals surface area contributed by atoms with Crippen molar-refractivity contribution in [2.75, 3.05) is 0 Å². The van der Waals surface area contributed by atoms with Crippen LogP contribution in [-0.4, -0.2) is 10.1 Å². The van der Waals surface area contributed by atoms with E-state index in [2.05, 4.69) is 65.6 Å². The van der Waals surface area contributed by atoms with Crippen molar-refractivity contribution in [2.45, 2.75) is 25.6 Å². The van der Waals surface area contributed by atoms with Crippen LogP contribution in [0.3, 0.4) is 0 Å². The molecule has 4 heteroatoms. The molecule has 0 radical (unpaired) electrons. The summed E-state index contributed by atoms with van der Waals surface area (Å²) in [7, 11) is 0. The predicted molar refractivity (Wildman–Crippen MR) is 133 cm³/mol. The topological polar surface area (TPSA) is 48.2 Å². The molecule has 0 amide bonds. The fraction of sp³-hybridized carbons (Fsp3) is 0.133. The van der Waals surface area contributed by atoms with Crippen molar-refractivity contribution in [1.82, 2.24) is 10.1 Å². The molecule has 4 nitrogen and oxygen atoms in total. The largest absolute Gasteiger partial charge is 0.351 e. The van der Waals surface area contributed by atoms with Gasteiger partial charge < -0.3 is 9.26 Å². The molecule has 5 rings (SSSR count). The Morgan fingerprint density at radius 2 is 1.18 bits per heavy atom. The monoisotopic (exact) mass is 446 g/mol. The first-order valence-corrected chi connectivity index (χ1v) is 11.5. The maximum Gasteiger partial charge on any atom is 0.253 e. The zero-order chi connectivity index (χ0) is 23.2. The molecule has 1 heterocycles. The lowest BCUT2D eigenvalue weighted by molar-refractivity contribution is -0.0120. The van der Waals surface area contributed by atoms with Gasteiger partial charge in [-0.3, -0.25) is 0 Å². The first kappa shape index (κ1) is 21.8. The Bertz CT molecular complexity index is 1220. The molecule has 0 spiro atoms. The summed E-state index contributed by atoms with van der Waals surface area (Å²) in [6.07, 6.45) is 0.992. The molecule has 0 aliphatic carbocycles. The van der Waals surface area contributed by atoms with Gasteiger partial charge in [0.1, 0.15) is 12.2 Å². The smallest absolute Gasteiger partial charge is 0.253 e. The van der Waals surface area contributed by atoms with Gasteiger partial charge in [-0.1, -0.05) is 127 Å². The summed E-state index contributed by atoms with van der Waals surface area (Å²) in [5.74, 6) is 0.993. The molecule has 0 aliphatic heterocycles. The van der Waals surface area contributed by atoms with Crippen LogP contribution in [0.4, 0.5) is 0 Å². The van der Waals surface area contributed by atoms with Crippen molar-refractivity contribution in [3.63, 3.8) is 0 Å². The van der Waals surface area contributed by atoms with Gasteiger partial charge in [0.15, 0.2) is 0 Å². The van der Waals surface area contributed by atoms with E-state index in [1.807, 2.05) is 66.7 Å². The van der Waals surface area contributed by atoms with Crippen LogP contribution >= 0.6 is 0 Å². The molecule has 0 saturated carbocycles. The third-order valence-corrected chi connectivity index (χ3v) is 6.04. The van der Waals surface area contributed by atoms with Crippen LogP contribution in [0.15, 0.2) is 120 Å². The molecule has 5 aromatic rings. The number of benzene rings is 4. The summed E-state index contributed by atoms with van der Waals surface area (Å²) in [6, 6.07) is 39.0. The summed E-state index contributed by atoms with van der Waals surface area (Å²) in [5, 5.41) is 4.19. The third kappa shape index (κ3) is 4.28. The first-order chi connectivity index (χ1) is 16.8. The molecule has 0 bridgehead atoms. The molecule has 0 fully saturated rings. The molecule has 0 N–H and O–H groups in total. The SMILES string of the molecule is CCc1ccc(-c2noc(COC(c3ccccc3)(c3ccccc3)c3ccccc3)n2)cc1. The summed E-state index contributed by atoms with van der Waals surface area (Å²) in [6.45, 7) is 2.30. The van der Waals surface area contributed by atoms with E-state index in [1.165, 1.54) is 5.56 Å². The lowest BCUT2D eigenvalue weighted by Crippen LogP contribution is -2.32. The van der Waals surface area contributed by atoms with Crippen molar-refractivity contribution >= 4 is 0 Å². The molecule has 1 aromatic heterocycles. The molecule has 0 saturated heterocycles. The predicted octanol–water partition coefficient (Wildman–Crippen LogP) is 6.81. The molecule has 34 heavy (non-hydrogen) atoms. The third-order valence-electron chi connectivity index (χ3n) is 6.04. The second-order valence-corrected chi connectivity index (χ2v) is 8.13. The fourth-order valence-electron chi connectivity index (χ4n) is 4.26. The van der Waals surface area contributed by atoms with E-state index in [4.69, 9.17) is 9.26 Å². The number of nitrogens with zero attached hydrogens (tertiary/aromatic N) is 2. The van der Waals surface area contributed by atoms with Crippen LogP contribution in [0.2, 0.25) is 0 Å².